The maximum Gasteiger partial charge on any atom is 0.211 e. The van der Waals surface area contributed by atoms with Crippen molar-refractivity contribution in [3.05, 3.63) is 0 Å². The van der Waals surface area contributed by atoms with Crippen molar-refractivity contribution in [2.24, 2.45) is 5.92 Å². The first-order valence-electron chi connectivity index (χ1n) is 8.22. The minimum Gasteiger partial charge on any atom is -0.390 e. The van der Waals surface area contributed by atoms with Gasteiger partial charge in [-0.05, 0) is 51.0 Å². The zero-order chi connectivity index (χ0) is 15.5. The van der Waals surface area contributed by atoms with E-state index in [4.69, 9.17) is 0 Å². The second-order valence-corrected chi connectivity index (χ2v) is 8.88. The predicted molar refractivity (Wildman–Crippen MR) is 84.7 cm³/mol. The van der Waals surface area contributed by atoms with Gasteiger partial charge in [-0.3, -0.25) is 0 Å². The summed E-state index contributed by atoms with van der Waals surface area (Å²) in [4.78, 5) is 2.41. The molecular weight excluding hydrogens is 288 g/mol. The molecule has 2 saturated heterocycles. The molecule has 0 spiro atoms. The van der Waals surface area contributed by atoms with Gasteiger partial charge in [0.15, 0.2) is 0 Å². The molecule has 0 amide bonds. The summed E-state index contributed by atoms with van der Waals surface area (Å²) in [7, 11) is -3.09. The smallest absolute Gasteiger partial charge is 0.211 e. The Labute approximate surface area is 129 Å². The molecule has 2 heterocycles. The van der Waals surface area contributed by atoms with Gasteiger partial charge in [-0.1, -0.05) is 6.92 Å². The van der Waals surface area contributed by atoms with Crippen LogP contribution in [0, 0.1) is 5.92 Å². The van der Waals surface area contributed by atoms with Crippen LogP contribution in [0.1, 0.15) is 45.4 Å². The van der Waals surface area contributed by atoms with Gasteiger partial charge < -0.3 is 10.0 Å². The zero-order valence-corrected chi connectivity index (χ0v) is 14.2. The van der Waals surface area contributed by atoms with Crippen LogP contribution < -0.4 is 0 Å². The van der Waals surface area contributed by atoms with Crippen LogP contribution in [-0.2, 0) is 10.0 Å². The summed E-state index contributed by atoms with van der Waals surface area (Å²) >= 11 is 0. The van der Waals surface area contributed by atoms with Crippen molar-refractivity contribution in [1.82, 2.24) is 9.21 Å². The first-order valence-corrected chi connectivity index (χ1v) is 10.1. The lowest BCUT2D eigenvalue weighted by Gasteiger charge is -2.41. The fraction of sp³-hybridized carbons (Fsp3) is 1.00. The molecule has 0 saturated carbocycles. The molecule has 6 heteroatoms. The highest BCUT2D eigenvalue weighted by molar-refractivity contribution is 7.88. The molecule has 1 atom stereocenters. The van der Waals surface area contributed by atoms with Crippen LogP contribution in [0.5, 0.6) is 0 Å². The number of sulfonamides is 1. The van der Waals surface area contributed by atoms with E-state index >= 15 is 0 Å². The van der Waals surface area contributed by atoms with Crippen LogP contribution in [0.2, 0.25) is 0 Å². The van der Waals surface area contributed by atoms with E-state index < -0.39 is 15.6 Å². The van der Waals surface area contributed by atoms with Gasteiger partial charge in [-0.15, -0.1) is 0 Å². The van der Waals surface area contributed by atoms with Gasteiger partial charge >= 0.3 is 0 Å². The van der Waals surface area contributed by atoms with Crippen molar-refractivity contribution in [3.63, 3.8) is 0 Å². The van der Waals surface area contributed by atoms with Crippen LogP contribution in [0.25, 0.3) is 0 Å². The number of piperidine rings is 2. The highest BCUT2D eigenvalue weighted by Crippen LogP contribution is 2.33. The Hall–Kier alpha value is -0.170. The molecule has 1 N–H and O–H groups in total. The molecule has 124 valence electrons. The lowest BCUT2D eigenvalue weighted by molar-refractivity contribution is -0.0432. The van der Waals surface area contributed by atoms with Crippen LogP contribution >= 0.6 is 0 Å². The Morgan fingerprint density at radius 1 is 1.24 bits per heavy atom. The van der Waals surface area contributed by atoms with E-state index in [-0.39, 0.29) is 0 Å². The first kappa shape index (κ1) is 17.2. The van der Waals surface area contributed by atoms with Gasteiger partial charge in [-0.2, -0.15) is 0 Å². The predicted octanol–water partition coefficient (Wildman–Crippen LogP) is 1.28. The second-order valence-electron chi connectivity index (χ2n) is 6.90. The summed E-state index contributed by atoms with van der Waals surface area (Å²) < 4.78 is 24.9. The fourth-order valence-electron chi connectivity index (χ4n) is 3.75. The molecule has 2 fully saturated rings. The normalized spacial score (nSPS) is 28.6. The summed E-state index contributed by atoms with van der Waals surface area (Å²) in [5.74, 6) is 0.302. The number of likely N-dealkylation sites (tertiary alicyclic amines) is 1. The average Bonchev–Trinajstić information content (AvgIpc) is 2.41. The molecule has 0 radical (unpaired) electrons. The molecule has 0 aromatic carbocycles. The molecule has 2 aliphatic rings. The van der Waals surface area contributed by atoms with Gasteiger partial charge in [0, 0.05) is 26.2 Å². The van der Waals surface area contributed by atoms with Gasteiger partial charge in [0.25, 0.3) is 0 Å². The van der Waals surface area contributed by atoms with E-state index in [0.29, 0.717) is 19.0 Å². The molecule has 0 bridgehead atoms. The number of hydrogen-bond acceptors (Lipinski definition) is 4. The van der Waals surface area contributed by atoms with Crippen LogP contribution in [0.15, 0.2) is 0 Å². The Morgan fingerprint density at radius 3 is 2.48 bits per heavy atom. The zero-order valence-electron chi connectivity index (χ0n) is 13.4. The first-order chi connectivity index (χ1) is 9.82. The lowest BCUT2D eigenvalue weighted by atomic mass is 9.80. The highest BCUT2D eigenvalue weighted by Gasteiger charge is 2.36. The Balaban J connectivity index is 1.86. The number of hydrogen-bond donors (Lipinski definition) is 1. The van der Waals surface area contributed by atoms with Crippen molar-refractivity contribution in [1.29, 1.82) is 0 Å². The van der Waals surface area contributed by atoms with Crippen LogP contribution in [0.3, 0.4) is 0 Å². The summed E-state index contributed by atoms with van der Waals surface area (Å²) in [6.45, 7) is 6.45. The third kappa shape index (κ3) is 4.91. The topological polar surface area (TPSA) is 60.9 Å². The Morgan fingerprint density at radius 2 is 1.90 bits per heavy atom. The molecule has 2 aliphatic heterocycles. The van der Waals surface area contributed by atoms with Gasteiger partial charge in [-0.25, -0.2) is 12.7 Å². The molecule has 0 aromatic heterocycles. The van der Waals surface area contributed by atoms with Crippen molar-refractivity contribution in [3.8, 4) is 0 Å². The van der Waals surface area contributed by atoms with Crippen molar-refractivity contribution in [2.45, 2.75) is 51.0 Å². The maximum atomic E-state index is 11.7. The van der Waals surface area contributed by atoms with Crippen LogP contribution in [0.4, 0.5) is 0 Å². The minimum absolute atomic E-state index is 0.302. The molecular formula is C15H30N2O3S. The largest absolute Gasteiger partial charge is 0.390 e. The highest BCUT2D eigenvalue weighted by atomic mass is 32.2. The van der Waals surface area contributed by atoms with Crippen LogP contribution in [-0.4, -0.2) is 67.3 Å². The average molecular weight is 318 g/mol. The molecule has 21 heavy (non-hydrogen) atoms. The molecule has 0 aliphatic carbocycles. The minimum atomic E-state index is -3.09. The van der Waals surface area contributed by atoms with Gasteiger partial charge in [0.1, 0.15) is 0 Å². The molecule has 2 rings (SSSR count). The third-order valence-electron chi connectivity index (χ3n) is 4.95. The number of rotatable bonds is 5. The van der Waals surface area contributed by atoms with E-state index in [1.165, 1.54) is 6.26 Å². The monoisotopic (exact) mass is 318 g/mol. The van der Waals surface area contributed by atoms with Gasteiger partial charge in [0.2, 0.25) is 10.0 Å². The molecule has 1 unspecified atom stereocenters. The quantitative estimate of drug-likeness (QED) is 0.830. The number of nitrogens with zero attached hydrogens (tertiary/aromatic N) is 2. The van der Waals surface area contributed by atoms with Crippen molar-refractivity contribution >= 4 is 10.0 Å². The second kappa shape index (κ2) is 6.94. The summed E-state index contributed by atoms with van der Waals surface area (Å²) in [6, 6.07) is 0. The Kier molecular flexibility index (Phi) is 5.68. The van der Waals surface area contributed by atoms with Crippen molar-refractivity contribution < 1.29 is 13.5 Å². The Bertz CT molecular complexity index is 430. The maximum absolute atomic E-state index is 11.7. The summed E-state index contributed by atoms with van der Waals surface area (Å²) in [6.07, 6.45) is 6.78. The molecule has 5 nitrogen and oxygen atoms in total. The lowest BCUT2D eigenvalue weighted by Crippen LogP contribution is -2.48. The third-order valence-corrected chi connectivity index (χ3v) is 6.22. The number of aliphatic hydroxyl groups is 1. The summed E-state index contributed by atoms with van der Waals surface area (Å²) in [5.41, 5.74) is -0.588. The van der Waals surface area contributed by atoms with E-state index in [0.717, 1.165) is 58.2 Å². The van der Waals surface area contributed by atoms with E-state index in [1.807, 2.05) is 0 Å². The van der Waals surface area contributed by atoms with Crippen molar-refractivity contribution in [2.75, 3.05) is 39.0 Å². The van der Waals surface area contributed by atoms with E-state index in [9.17, 15) is 13.5 Å². The summed E-state index contributed by atoms with van der Waals surface area (Å²) in [5, 5.41) is 10.8. The van der Waals surface area contributed by atoms with E-state index in [2.05, 4.69) is 11.8 Å². The van der Waals surface area contributed by atoms with Gasteiger partial charge in [0.05, 0.1) is 11.9 Å². The molecule has 0 aromatic rings. The standard InChI is InChI=1S/C15H30N2O3S/c1-3-8-16-10-6-15(18,7-11-16)12-14-5-4-9-17(13-14)21(2,19)20/h14,18H,3-13H2,1-2H3. The fourth-order valence-corrected chi connectivity index (χ4v) is 4.69. The SMILES string of the molecule is CCCN1CCC(O)(CC2CCCN(S(C)(=O)=O)C2)CC1. The van der Waals surface area contributed by atoms with E-state index in [1.54, 1.807) is 4.31 Å².